The summed E-state index contributed by atoms with van der Waals surface area (Å²) >= 11 is 0. The SMILES string of the molecule is O=C(NCC[C@H]1CCCN1)C1CCCCC1. The Labute approximate surface area is 98.4 Å². The molecule has 0 radical (unpaired) electrons. The van der Waals surface area contributed by atoms with E-state index in [4.69, 9.17) is 0 Å². The normalized spacial score (nSPS) is 26.9. The van der Waals surface area contributed by atoms with Crippen LogP contribution in [0.1, 0.15) is 51.4 Å². The zero-order valence-corrected chi connectivity index (χ0v) is 10.1. The Balaban J connectivity index is 1.59. The largest absolute Gasteiger partial charge is 0.356 e. The summed E-state index contributed by atoms with van der Waals surface area (Å²) in [5.74, 6) is 0.614. The van der Waals surface area contributed by atoms with Crippen molar-refractivity contribution in [3.63, 3.8) is 0 Å². The van der Waals surface area contributed by atoms with Gasteiger partial charge in [-0.1, -0.05) is 19.3 Å². The van der Waals surface area contributed by atoms with Gasteiger partial charge in [0, 0.05) is 18.5 Å². The topological polar surface area (TPSA) is 41.1 Å². The van der Waals surface area contributed by atoms with Crippen LogP contribution >= 0.6 is 0 Å². The van der Waals surface area contributed by atoms with Crippen molar-refractivity contribution in [2.45, 2.75) is 57.4 Å². The Bertz CT molecular complexity index is 218. The zero-order valence-electron chi connectivity index (χ0n) is 10.1. The van der Waals surface area contributed by atoms with Crippen LogP contribution in [0.2, 0.25) is 0 Å². The summed E-state index contributed by atoms with van der Waals surface area (Å²) in [7, 11) is 0. The van der Waals surface area contributed by atoms with E-state index < -0.39 is 0 Å². The fourth-order valence-electron chi connectivity index (χ4n) is 2.88. The molecule has 1 saturated carbocycles. The van der Waals surface area contributed by atoms with Crippen molar-refractivity contribution in [2.24, 2.45) is 5.92 Å². The molecule has 0 unspecified atom stereocenters. The first kappa shape index (κ1) is 11.9. The lowest BCUT2D eigenvalue weighted by molar-refractivity contribution is -0.125. The van der Waals surface area contributed by atoms with Crippen molar-refractivity contribution in [1.82, 2.24) is 10.6 Å². The molecular formula is C13H24N2O. The van der Waals surface area contributed by atoms with Gasteiger partial charge in [0.15, 0.2) is 0 Å². The van der Waals surface area contributed by atoms with Crippen molar-refractivity contribution >= 4 is 5.91 Å². The van der Waals surface area contributed by atoms with Crippen LogP contribution in [0.3, 0.4) is 0 Å². The van der Waals surface area contributed by atoms with Gasteiger partial charge in [-0.3, -0.25) is 4.79 Å². The van der Waals surface area contributed by atoms with E-state index >= 15 is 0 Å². The Hall–Kier alpha value is -0.570. The predicted octanol–water partition coefficient (Wildman–Crippen LogP) is 1.82. The van der Waals surface area contributed by atoms with Crippen molar-refractivity contribution < 1.29 is 4.79 Å². The first-order chi connectivity index (χ1) is 7.86. The van der Waals surface area contributed by atoms with Crippen LogP contribution in [0.25, 0.3) is 0 Å². The summed E-state index contributed by atoms with van der Waals surface area (Å²) in [4.78, 5) is 11.8. The molecule has 3 heteroatoms. The molecule has 1 aliphatic carbocycles. The minimum Gasteiger partial charge on any atom is -0.356 e. The van der Waals surface area contributed by atoms with Crippen molar-refractivity contribution in [3.05, 3.63) is 0 Å². The Morgan fingerprint density at radius 2 is 1.94 bits per heavy atom. The van der Waals surface area contributed by atoms with E-state index in [-0.39, 0.29) is 0 Å². The van der Waals surface area contributed by atoms with E-state index in [1.807, 2.05) is 0 Å². The molecule has 3 nitrogen and oxygen atoms in total. The maximum absolute atomic E-state index is 11.8. The molecule has 0 aromatic rings. The molecular weight excluding hydrogens is 200 g/mol. The van der Waals surface area contributed by atoms with E-state index in [2.05, 4.69) is 10.6 Å². The van der Waals surface area contributed by atoms with Gasteiger partial charge in [0.05, 0.1) is 0 Å². The van der Waals surface area contributed by atoms with Crippen molar-refractivity contribution in [1.29, 1.82) is 0 Å². The lowest BCUT2D eigenvalue weighted by Crippen LogP contribution is -2.35. The van der Waals surface area contributed by atoms with E-state index in [1.165, 1.54) is 32.1 Å². The molecule has 1 aliphatic heterocycles. The maximum atomic E-state index is 11.8. The van der Waals surface area contributed by atoms with E-state index in [9.17, 15) is 4.79 Å². The molecule has 92 valence electrons. The standard InChI is InChI=1S/C13H24N2O/c16-13(11-5-2-1-3-6-11)15-10-8-12-7-4-9-14-12/h11-12,14H,1-10H2,(H,15,16)/t12-/m1/s1. The van der Waals surface area contributed by atoms with Crippen LogP contribution in [0, 0.1) is 5.92 Å². The number of hydrogen-bond acceptors (Lipinski definition) is 2. The summed E-state index contributed by atoms with van der Waals surface area (Å²) < 4.78 is 0. The predicted molar refractivity (Wildman–Crippen MR) is 65.2 cm³/mol. The second-order valence-corrected chi connectivity index (χ2v) is 5.21. The van der Waals surface area contributed by atoms with Gasteiger partial charge in [0.1, 0.15) is 0 Å². The third-order valence-corrected chi connectivity index (χ3v) is 3.93. The monoisotopic (exact) mass is 224 g/mol. The van der Waals surface area contributed by atoms with Gasteiger partial charge in [0.2, 0.25) is 5.91 Å². The van der Waals surface area contributed by atoms with Crippen LogP contribution in [-0.2, 0) is 4.79 Å². The second kappa shape index (κ2) is 6.24. The van der Waals surface area contributed by atoms with Gasteiger partial charge in [0.25, 0.3) is 0 Å². The molecule has 2 aliphatic rings. The van der Waals surface area contributed by atoms with Gasteiger partial charge >= 0.3 is 0 Å². The van der Waals surface area contributed by atoms with Gasteiger partial charge < -0.3 is 10.6 Å². The Morgan fingerprint density at radius 1 is 1.12 bits per heavy atom. The molecule has 0 aromatic heterocycles. The van der Waals surface area contributed by atoms with E-state index in [0.717, 1.165) is 32.4 Å². The quantitative estimate of drug-likeness (QED) is 0.765. The van der Waals surface area contributed by atoms with Crippen LogP contribution in [0.5, 0.6) is 0 Å². The third kappa shape index (κ3) is 3.48. The lowest BCUT2D eigenvalue weighted by Gasteiger charge is -2.21. The summed E-state index contributed by atoms with van der Waals surface area (Å²) in [6, 6.07) is 0.645. The lowest BCUT2D eigenvalue weighted by atomic mass is 9.88. The van der Waals surface area contributed by atoms with Gasteiger partial charge in [-0.05, 0) is 38.6 Å². The molecule has 1 atom stereocenters. The number of carbonyl (C=O) groups is 1. The minimum absolute atomic E-state index is 0.303. The third-order valence-electron chi connectivity index (χ3n) is 3.93. The van der Waals surface area contributed by atoms with Gasteiger partial charge in [-0.2, -0.15) is 0 Å². The fraction of sp³-hybridized carbons (Fsp3) is 0.923. The molecule has 1 saturated heterocycles. The molecule has 1 heterocycles. The van der Waals surface area contributed by atoms with Gasteiger partial charge in [-0.25, -0.2) is 0 Å². The number of carbonyl (C=O) groups excluding carboxylic acids is 1. The Morgan fingerprint density at radius 3 is 2.62 bits per heavy atom. The molecule has 2 rings (SSSR count). The average molecular weight is 224 g/mol. The first-order valence-corrected chi connectivity index (χ1v) is 6.87. The molecule has 0 spiro atoms. The highest BCUT2D eigenvalue weighted by Crippen LogP contribution is 2.23. The molecule has 2 fully saturated rings. The van der Waals surface area contributed by atoms with E-state index in [1.54, 1.807) is 0 Å². The molecule has 1 amide bonds. The number of amides is 1. The van der Waals surface area contributed by atoms with Crippen molar-refractivity contribution in [2.75, 3.05) is 13.1 Å². The van der Waals surface area contributed by atoms with Crippen LogP contribution in [-0.4, -0.2) is 25.0 Å². The van der Waals surface area contributed by atoms with Crippen molar-refractivity contribution in [3.8, 4) is 0 Å². The smallest absolute Gasteiger partial charge is 0.223 e. The highest BCUT2D eigenvalue weighted by molar-refractivity contribution is 5.78. The number of hydrogen-bond donors (Lipinski definition) is 2. The minimum atomic E-state index is 0.303. The number of rotatable bonds is 4. The molecule has 16 heavy (non-hydrogen) atoms. The van der Waals surface area contributed by atoms with Crippen LogP contribution in [0.15, 0.2) is 0 Å². The summed E-state index contributed by atoms with van der Waals surface area (Å²) in [5.41, 5.74) is 0. The second-order valence-electron chi connectivity index (χ2n) is 5.21. The summed E-state index contributed by atoms with van der Waals surface area (Å²) in [6.07, 6.45) is 9.67. The van der Waals surface area contributed by atoms with Crippen LogP contribution in [0.4, 0.5) is 0 Å². The number of nitrogens with one attached hydrogen (secondary N) is 2. The van der Waals surface area contributed by atoms with E-state index in [0.29, 0.717) is 17.9 Å². The molecule has 0 aromatic carbocycles. The summed E-state index contributed by atoms with van der Waals surface area (Å²) in [5, 5.41) is 6.56. The fourth-order valence-corrected chi connectivity index (χ4v) is 2.88. The molecule has 2 N–H and O–H groups in total. The average Bonchev–Trinajstić information content (AvgIpc) is 2.83. The first-order valence-electron chi connectivity index (χ1n) is 6.87. The Kier molecular flexibility index (Phi) is 4.64. The highest BCUT2D eigenvalue weighted by Gasteiger charge is 2.21. The maximum Gasteiger partial charge on any atom is 0.223 e. The van der Waals surface area contributed by atoms with Crippen LogP contribution < -0.4 is 10.6 Å². The molecule has 0 bridgehead atoms. The summed E-state index contributed by atoms with van der Waals surface area (Å²) in [6.45, 7) is 2.01. The van der Waals surface area contributed by atoms with Gasteiger partial charge in [-0.15, -0.1) is 0 Å². The zero-order chi connectivity index (χ0) is 11.2. The highest BCUT2D eigenvalue weighted by atomic mass is 16.1.